The van der Waals surface area contributed by atoms with Gasteiger partial charge in [0.1, 0.15) is 17.6 Å². The van der Waals surface area contributed by atoms with E-state index < -0.39 is 0 Å². The fourth-order valence-electron chi connectivity index (χ4n) is 3.09. The number of benzene rings is 2. The summed E-state index contributed by atoms with van der Waals surface area (Å²) >= 11 is 1.40. The molecule has 0 bridgehead atoms. The van der Waals surface area contributed by atoms with Crippen molar-refractivity contribution < 1.29 is 14.3 Å². The van der Waals surface area contributed by atoms with E-state index in [9.17, 15) is 4.79 Å². The van der Waals surface area contributed by atoms with Gasteiger partial charge in [-0.2, -0.15) is 0 Å². The summed E-state index contributed by atoms with van der Waals surface area (Å²) in [5.41, 5.74) is 0. The van der Waals surface area contributed by atoms with Crippen molar-refractivity contribution in [1.29, 1.82) is 0 Å². The molecule has 1 atom stereocenters. The summed E-state index contributed by atoms with van der Waals surface area (Å²) < 4.78 is 13.3. The lowest BCUT2D eigenvalue weighted by molar-refractivity contribution is -0.143. The molecule has 3 aromatic rings. The van der Waals surface area contributed by atoms with Crippen LogP contribution in [0.1, 0.15) is 33.5 Å². The zero-order valence-corrected chi connectivity index (χ0v) is 18.1. The van der Waals surface area contributed by atoms with Gasteiger partial charge in [0.05, 0.1) is 6.61 Å². The number of hydrogen-bond acceptors (Lipinski definition) is 6. The Morgan fingerprint density at radius 3 is 2.59 bits per heavy atom. The van der Waals surface area contributed by atoms with Crippen LogP contribution in [0.5, 0.6) is 5.75 Å². The Bertz CT molecular complexity index is 966. The highest BCUT2D eigenvalue weighted by Crippen LogP contribution is 2.29. The highest BCUT2D eigenvalue weighted by molar-refractivity contribution is 8.00. The van der Waals surface area contributed by atoms with Crippen LogP contribution in [0.2, 0.25) is 0 Å². The second-order valence-electron chi connectivity index (χ2n) is 6.94. The molecule has 3 rings (SSSR count). The van der Waals surface area contributed by atoms with Gasteiger partial charge < -0.3 is 14.0 Å². The molecule has 0 fully saturated rings. The Hall–Kier alpha value is -2.54. The average Bonchev–Trinajstić information content (AvgIpc) is 3.11. The molecular formula is C22H27N3O3S. The molecule has 1 aromatic heterocycles. The minimum Gasteiger partial charge on any atom is -0.485 e. The van der Waals surface area contributed by atoms with E-state index in [4.69, 9.17) is 9.47 Å². The molecule has 6 nitrogen and oxygen atoms in total. The largest absolute Gasteiger partial charge is 0.485 e. The topological polar surface area (TPSA) is 66.2 Å². The third-order valence-electron chi connectivity index (χ3n) is 4.57. The Kier molecular flexibility index (Phi) is 7.14. The molecule has 2 aromatic carbocycles. The molecule has 0 N–H and O–H groups in total. The molecule has 29 heavy (non-hydrogen) atoms. The van der Waals surface area contributed by atoms with Crippen molar-refractivity contribution in [3.8, 4) is 5.75 Å². The summed E-state index contributed by atoms with van der Waals surface area (Å²) in [7, 11) is 0. The summed E-state index contributed by atoms with van der Waals surface area (Å²) in [4.78, 5) is 12.3. The minimum absolute atomic E-state index is 0.122. The molecule has 0 aliphatic rings. The van der Waals surface area contributed by atoms with E-state index in [0.29, 0.717) is 24.9 Å². The molecule has 0 saturated carbocycles. The number of fused-ring (bicyclic) bond motifs is 1. The van der Waals surface area contributed by atoms with E-state index in [2.05, 4.69) is 22.3 Å². The number of carbonyl (C=O) groups is 1. The maximum absolute atomic E-state index is 12.3. The van der Waals surface area contributed by atoms with Crippen LogP contribution >= 0.6 is 11.8 Å². The van der Waals surface area contributed by atoms with Gasteiger partial charge in [-0.1, -0.05) is 62.0 Å². The molecular weight excluding hydrogens is 386 g/mol. The van der Waals surface area contributed by atoms with Gasteiger partial charge in [0.15, 0.2) is 11.0 Å². The van der Waals surface area contributed by atoms with Crippen LogP contribution in [0.3, 0.4) is 0 Å². The minimum atomic E-state index is -0.323. The zero-order chi connectivity index (χ0) is 20.8. The number of ether oxygens (including phenoxy) is 2. The average molecular weight is 414 g/mol. The highest BCUT2D eigenvalue weighted by atomic mass is 32.2. The first-order valence-electron chi connectivity index (χ1n) is 9.91. The lowest BCUT2D eigenvalue weighted by atomic mass is 10.1. The summed E-state index contributed by atoms with van der Waals surface area (Å²) in [5, 5.41) is 11.2. The third kappa shape index (κ3) is 4.90. The van der Waals surface area contributed by atoms with E-state index >= 15 is 0 Å². The van der Waals surface area contributed by atoms with Crippen molar-refractivity contribution in [1.82, 2.24) is 14.8 Å². The molecule has 0 radical (unpaired) electrons. The predicted octanol–water partition coefficient (Wildman–Crippen LogP) is 4.71. The van der Waals surface area contributed by atoms with E-state index in [1.807, 2.05) is 62.6 Å². The SMILES string of the molecule is CCOC(=O)[C@@H](Sc1nnc(COc2cccc3ccccc23)n1CC)C(C)C. The Morgan fingerprint density at radius 2 is 1.86 bits per heavy atom. The van der Waals surface area contributed by atoms with Gasteiger partial charge in [-0.25, -0.2) is 0 Å². The van der Waals surface area contributed by atoms with Gasteiger partial charge in [0, 0.05) is 11.9 Å². The second-order valence-corrected chi connectivity index (χ2v) is 8.05. The van der Waals surface area contributed by atoms with E-state index in [0.717, 1.165) is 22.3 Å². The molecule has 0 amide bonds. The molecule has 154 valence electrons. The number of aromatic nitrogens is 3. The van der Waals surface area contributed by atoms with Gasteiger partial charge >= 0.3 is 5.97 Å². The first kappa shape index (κ1) is 21.2. The maximum Gasteiger partial charge on any atom is 0.319 e. The first-order valence-corrected chi connectivity index (χ1v) is 10.8. The summed E-state index contributed by atoms with van der Waals surface area (Å²) in [6, 6.07) is 14.1. The number of rotatable bonds is 9. The Labute approximate surface area is 175 Å². The lowest BCUT2D eigenvalue weighted by Gasteiger charge is -2.18. The molecule has 7 heteroatoms. The predicted molar refractivity (Wildman–Crippen MR) is 115 cm³/mol. The third-order valence-corrected chi connectivity index (χ3v) is 6.08. The van der Waals surface area contributed by atoms with Crippen molar-refractivity contribution in [3.63, 3.8) is 0 Å². The van der Waals surface area contributed by atoms with Crippen molar-refractivity contribution in [2.75, 3.05) is 6.61 Å². The number of hydrogen-bond donors (Lipinski definition) is 0. The van der Waals surface area contributed by atoms with E-state index in [1.54, 1.807) is 0 Å². The summed E-state index contributed by atoms with van der Waals surface area (Å²) in [6.45, 7) is 9.23. The van der Waals surface area contributed by atoms with Crippen LogP contribution < -0.4 is 4.74 Å². The maximum atomic E-state index is 12.3. The van der Waals surface area contributed by atoms with Crippen LogP contribution in [0.4, 0.5) is 0 Å². The number of esters is 1. The second kappa shape index (κ2) is 9.78. The fourth-order valence-corrected chi connectivity index (χ4v) is 4.20. The van der Waals surface area contributed by atoms with Crippen LogP contribution in [0.15, 0.2) is 47.6 Å². The Morgan fingerprint density at radius 1 is 1.10 bits per heavy atom. The van der Waals surface area contributed by atoms with E-state index in [-0.39, 0.29) is 17.1 Å². The van der Waals surface area contributed by atoms with Crippen LogP contribution in [0.25, 0.3) is 10.8 Å². The van der Waals surface area contributed by atoms with Crippen molar-refractivity contribution in [3.05, 3.63) is 48.3 Å². The first-order chi connectivity index (χ1) is 14.0. The van der Waals surface area contributed by atoms with Gasteiger partial charge in [-0.05, 0) is 31.2 Å². The van der Waals surface area contributed by atoms with Crippen LogP contribution in [-0.2, 0) is 22.7 Å². The molecule has 0 saturated heterocycles. The van der Waals surface area contributed by atoms with Gasteiger partial charge in [0.25, 0.3) is 0 Å². The van der Waals surface area contributed by atoms with Crippen molar-refractivity contribution in [2.45, 2.75) is 51.3 Å². The lowest BCUT2D eigenvalue weighted by Crippen LogP contribution is -2.26. The number of carbonyl (C=O) groups excluding carboxylic acids is 1. The molecule has 0 aliphatic heterocycles. The Balaban J connectivity index is 1.78. The molecule has 0 aliphatic carbocycles. The van der Waals surface area contributed by atoms with Crippen molar-refractivity contribution in [2.24, 2.45) is 5.92 Å². The monoisotopic (exact) mass is 413 g/mol. The van der Waals surface area contributed by atoms with Crippen LogP contribution in [-0.4, -0.2) is 32.6 Å². The zero-order valence-electron chi connectivity index (χ0n) is 17.3. The normalized spacial score (nSPS) is 12.3. The van der Waals surface area contributed by atoms with E-state index in [1.165, 1.54) is 11.8 Å². The molecule has 0 spiro atoms. The fraction of sp³-hybridized carbons (Fsp3) is 0.409. The number of nitrogens with zero attached hydrogens (tertiary/aromatic N) is 3. The smallest absolute Gasteiger partial charge is 0.319 e. The highest BCUT2D eigenvalue weighted by Gasteiger charge is 2.27. The van der Waals surface area contributed by atoms with Gasteiger partial charge in [-0.3, -0.25) is 4.79 Å². The summed E-state index contributed by atoms with van der Waals surface area (Å²) in [6.07, 6.45) is 0. The standard InChI is InChI=1S/C22H27N3O3S/c1-5-25-19(14-28-18-13-9-11-16-10-7-8-12-17(16)18)23-24-22(25)29-20(15(3)4)21(26)27-6-2/h7-13,15,20H,5-6,14H2,1-4H3/t20-/m0/s1. The van der Waals surface area contributed by atoms with Crippen molar-refractivity contribution >= 4 is 28.5 Å². The van der Waals surface area contributed by atoms with Gasteiger partial charge in [-0.15, -0.1) is 10.2 Å². The number of thioether (sulfide) groups is 1. The quantitative estimate of drug-likeness (QED) is 0.374. The van der Waals surface area contributed by atoms with Crippen LogP contribution in [0, 0.1) is 5.92 Å². The summed E-state index contributed by atoms with van der Waals surface area (Å²) in [5.74, 6) is 1.45. The molecule has 1 heterocycles. The van der Waals surface area contributed by atoms with Gasteiger partial charge in [0.2, 0.25) is 0 Å². The molecule has 0 unspecified atom stereocenters.